The molecule has 0 saturated carbocycles. The molecular weight excluding hydrogens is 196 g/mol. The Balaban J connectivity index is 2.70. The van der Waals surface area contributed by atoms with E-state index in [1.165, 1.54) is 5.39 Å². The summed E-state index contributed by atoms with van der Waals surface area (Å²) in [7, 11) is 0. The number of hydrogen-bond acceptors (Lipinski definition) is 1. The summed E-state index contributed by atoms with van der Waals surface area (Å²) in [5.41, 5.74) is 0.238. The van der Waals surface area contributed by atoms with Crippen molar-refractivity contribution in [3.63, 3.8) is 0 Å². The van der Waals surface area contributed by atoms with Gasteiger partial charge in [0.25, 0.3) is 0 Å². The highest BCUT2D eigenvalue weighted by Crippen LogP contribution is 2.33. The van der Waals surface area contributed by atoms with E-state index in [-0.39, 0.29) is 5.92 Å². The van der Waals surface area contributed by atoms with Gasteiger partial charge in [-0.25, -0.2) is 0 Å². The molecule has 0 amide bonds. The van der Waals surface area contributed by atoms with Crippen LogP contribution in [0.1, 0.15) is 26.3 Å². The van der Waals surface area contributed by atoms with Gasteiger partial charge in [-0.2, -0.15) is 0 Å². The van der Waals surface area contributed by atoms with Crippen LogP contribution < -0.4 is 0 Å². The van der Waals surface area contributed by atoms with Crippen LogP contribution in [0.4, 0.5) is 0 Å². The highest BCUT2D eigenvalue weighted by molar-refractivity contribution is 5.86. The molecule has 16 heavy (non-hydrogen) atoms. The van der Waals surface area contributed by atoms with Gasteiger partial charge in [0, 0.05) is 0 Å². The van der Waals surface area contributed by atoms with E-state index in [1.54, 1.807) is 0 Å². The third-order valence-corrected chi connectivity index (χ3v) is 3.46. The summed E-state index contributed by atoms with van der Waals surface area (Å²) in [6.07, 6.45) is 0. The van der Waals surface area contributed by atoms with Gasteiger partial charge in [0.2, 0.25) is 0 Å². The summed E-state index contributed by atoms with van der Waals surface area (Å²) in [4.78, 5) is 0. The lowest BCUT2D eigenvalue weighted by molar-refractivity contribution is 0.0105. The van der Waals surface area contributed by atoms with Gasteiger partial charge in [0.1, 0.15) is 0 Å². The molecule has 1 N–H and O–H groups in total. The Morgan fingerprint density at radius 3 is 2.31 bits per heavy atom. The van der Waals surface area contributed by atoms with Crippen molar-refractivity contribution >= 4 is 10.8 Å². The highest BCUT2D eigenvalue weighted by Gasteiger charge is 2.28. The minimum absolute atomic E-state index is 0.193. The minimum atomic E-state index is -0.777. The summed E-state index contributed by atoms with van der Waals surface area (Å²) >= 11 is 0. The van der Waals surface area contributed by atoms with Crippen LogP contribution in [-0.4, -0.2) is 5.11 Å². The van der Waals surface area contributed by atoms with E-state index in [0.717, 1.165) is 10.9 Å². The van der Waals surface area contributed by atoms with Gasteiger partial charge >= 0.3 is 0 Å². The number of benzene rings is 2. The summed E-state index contributed by atoms with van der Waals surface area (Å²) < 4.78 is 0. The van der Waals surface area contributed by atoms with Gasteiger partial charge in [-0.05, 0) is 29.2 Å². The molecule has 2 aromatic carbocycles. The van der Waals surface area contributed by atoms with E-state index in [0.29, 0.717) is 0 Å². The van der Waals surface area contributed by atoms with Crippen molar-refractivity contribution in [2.45, 2.75) is 26.4 Å². The summed E-state index contributed by atoms with van der Waals surface area (Å²) in [6.45, 7) is 5.98. The lowest BCUT2D eigenvalue weighted by atomic mass is 9.83. The molecule has 0 fully saturated rings. The van der Waals surface area contributed by atoms with Gasteiger partial charge < -0.3 is 5.11 Å². The zero-order chi connectivity index (χ0) is 11.8. The van der Waals surface area contributed by atoms with E-state index in [4.69, 9.17) is 0 Å². The molecule has 0 aliphatic heterocycles. The second-order valence-electron chi connectivity index (χ2n) is 4.83. The largest absolute Gasteiger partial charge is 0.385 e. The summed E-state index contributed by atoms with van der Waals surface area (Å²) in [5.74, 6) is 0.193. The molecule has 1 atom stereocenters. The van der Waals surface area contributed by atoms with Gasteiger partial charge in [0.05, 0.1) is 5.60 Å². The molecule has 1 nitrogen and oxygen atoms in total. The Morgan fingerprint density at radius 2 is 1.62 bits per heavy atom. The van der Waals surface area contributed by atoms with E-state index < -0.39 is 5.60 Å². The summed E-state index contributed by atoms with van der Waals surface area (Å²) in [6, 6.07) is 14.3. The Morgan fingerprint density at radius 1 is 1.00 bits per heavy atom. The van der Waals surface area contributed by atoms with Crippen LogP contribution in [0.5, 0.6) is 0 Å². The van der Waals surface area contributed by atoms with Gasteiger partial charge in [-0.15, -0.1) is 0 Å². The lowest BCUT2D eigenvalue weighted by Gasteiger charge is -2.29. The van der Waals surface area contributed by atoms with Crippen LogP contribution in [0.25, 0.3) is 10.8 Å². The van der Waals surface area contributed by atoms with Crippen LogP contribution in [0.3, 0.4) is 0 Å². The van der Waals surface area contributed by atoms with Crippen molar-refractivity contribution in [3.8, 4) is 0 Å². The van der Waals surface area contributed by atoms with E-state index >= 15 is 0 Å². The standard InChI is InChI=1S/C15H18O/c1-11(2)15(3,16)14-10-6-8-12-7-4-5-9-13(12)14/h4-11,16H,1-3H3. The Labute approximate surface area is 96.7 Å². The number of rotatable bonds is 2. The zero-order valence-corrected chi connectivity index (χ0v) is 10.1. The Kier molecular flexibility index (Phi) is 2.73. The zero-order valence-electron chi connectivity index (χ0n) is 10.1. The first kappa shape index (κ1) is 11.2. The third-order valence-electron chi connectivity index (χ3n) is 3.46. The van der Waals surface area contributed by atoms with E-state index in [2.05, 4.69) is 18.2 Å². The molecular formula is C15H18O. The molecule has 0 aliphatic rings. The van der Waals surface area contributed by atoms with Crippen molar-refractivity contribution < 1.29 is 5.11 Å². The van der Waals surface area contributed by atoms with Gasteiger partial charge in [0.15, 0.2) is 0 Å². The maximum atomic E-state index is 10.6. The Hall–Kier alpha value is -1.34. The van der Waals surface area contributed by atoms with Gasteiger partial charge in [-0.3, -0.25) is 0 Å². The van der Waals surface area contributed by atoms with Crippen LogP contribution >= 0.6 is 0 Å². The number of aliphatic hydroxyl groups is 1. The number of fused-ring (bicyclic) bond motifs is 1. The van der Waals surface area contributed by atoms with E-state index in [1.807, 2.05) is 45.0 Å². The second-order valence-corrected chi connectivity index (χ2v) is 4.83. The van der Waals surface area contributed by atoms with Crippen LogP contribution in [0.2, 0.25) is 0 Å². The minimum Gasteiger partial charge on any atom is -0.385 e. The fourth-order valence-corrected chi connectivity index (χ4v) is 1.98. The SMILES string of the molecule is CC(C)C(C)(O)c1cccc2ccccc12. The van der Waals surface area contributed by atoms with Crippen LogP contribution in [-0.2, 0) is 5.60 Å². The van der Waals surface area contributed by atoms with E-state index in [9.17, 15) is 5.11 Å². The monoisotopic (exact) mass is 214 g/mol. The smallest absolute Gasteiger partial charge is 0.0897 e. The van der Waals surface area contributed by atoms with Crippen molar-refractivity contribution in [1.82, 2.24) is 0 Å². The molecule has 0 spiro atoms. The first-order valence-electron chi connectivity index (χ1n) is 5.74. The maximum absolute atomic E-state index is 10.6. The second kappa shape index (κ2) is 3.91. The molecule has 2 aromatic rings. The molecule has 2 rings (SSSR count). The van der Waals surface area contributed by atoms with Crippen LogP contribution in [0.15, 0.2) is 42.5 Å². The fraction of sp³-hybridized carbons (Fsp3) is 0.333. The first-order chi connectivity index (χ1) is 7.53. The summed E-state index contributed by atoms with van der Waals surface area (Å²) in [5, 5.41) is 12.9. The molecule has 0 saturated heterocycles. The predicted molar refractivity (Wildman–Crippen MR) is 68.4 cm³/mol. The average molecular weight is 214 g/mol. The van der Waals surface area contributed by atoms with Crippen molar-refractivity contribution in [2.75, 3.05) is 0 Å². The predicted octanol–water partition coefficient (Wildman–Crippen LogP) is 3.70. The fourth-order valence-electron chi connectivity index (χ4n) is 1.98. The molecule has 0 radical (unpaired) electrons. The molecule has 1 unspecified atom stereocenters. The topological polar surface area (TPSA) is 20.2 Å². The molecule has 84 valence electrons. The maximum Gasteiger partial charge on any atom is 0.0897 e. The highest BCUT2D eigenvalue weighted by atomic mass is 16.3. The van der Waals surface area contributed by atoms with Crippen molar-refractivity contribution in [2.24, 2.45) is 5.92 Å². The molecule has 0 aliphatic carbocycles. The van der Waals surface area contributed by atoms with Gasteiger partial charge in [-0.1, -0.05) is 56.3 Å². The quantitative estimate of drug-likeness (QED) is 0.808. The number of hydrogen-bond donors (Lipinski definition) is 1. The van der Waals surface area contributed by atoms with Crippen molar-refractivity contribution in [3.05, 3.63) is 48.0 Å². The molecule has 0 aromatic heterocycles. The lowest BCUT2D eigenvalue weighted by Crippen LogP contribution is -2.28. The third kappa shape index (κ3) is 1.72. The normalized spacial score (nSPS) is 15.3. The molecule has 0 heterocycles. The molecule has 1 heteroatoms. The first-order valence-corrected chi connectivity index (χ1v) is 5.74. The van der Waals surface area contributed by atoms with Crippen molar-refractivity contribution in [1.29, 1.82) is 0 Å². The Bertz CT molecular complexity index is 492. The molecule has 0 bridgehead atoms. The average Bonchev–Trinajstić information content (AvgIpc) is 2.28. The van der Waals surface area contributed by atoms with Crippen LogP contribution in [0, 0.1) is 5.92 Å².